The Morgan fingerprint density at radius 3 is 2.30 bits per heavy atom. The Hall–Kier alpha value is -2.47. The number of aryl methyl sites for hydroxylation is 2. The summed E-state index contributed by atoms with van der Waals surface area (Å²) in [7, 11) is -4.44. The topological polar surface area (TPSA) is 116 Å². The number of hydrogen-bond acceptors (Lipinski definition) is 5. The number of hydrogen-bond donors (Lipinski definition) is 2. The number of carbonyl (C=O) groups excluding carboxylic acids is 1. The number of anilines is 2. The standard InChI is InChI=1S/C22H30N4O5S2/c1-16-7-12-21(17(2)14-16)24-32(28,29)20-10-8-19(9-11-20)23-22(27)18-6-5-13-26(15-18)33(30,31)25(3)4/h7-12,14,18,24H,5-6,13,15H2,1-4H3,(H,23,27). The average Bonchev–Trinajstić information content (AvgIpc) is 2.76. The van der Waals surface area contributed by atoms with Crippen LogP contribution < -0.4 is 10.0 Å². The van der Waals surface area contributed by atoms with Crippen molar-refractivity contribution in [2.45, 2.75) is 31.6 Å². The lowest BCUT2D eigenvalue weighted by molar-refractivity contribution is -0.120. The van der Waals surface area contributed by atoms with Crippen LogP contribution in [0.4, 0.5) is 11.4 Å². The summed E-state index contributed by atoms with van der Waals surface area (Å²) in [6.07, 6.45) is 1.17. The summed E-state index contributed by atoms with van der Waals surface area (Å²) < 4.78 is 55.3. The smallest absolute Gasteiger partial charge is 0.281 e. The zero-order valence-electron chi connectivity index (χ0n) is 19.2. The number of rotatable bonds is 7. The van der Waals surface area contributed by atoms with Crippen molar-refractivity contribution in [3.63, 3.8) is 0 Å². The highest BCUT2D eigenvalue weighted by Crippen LogP contribution is 2.24. The highest BCUT2D eigenvalue weighted by Gasteiger charge is 2.33. The minimum atomic E-state index is -3.79. The van der Waals surface area contributed by atoms with E-state index >= 15 is 0 Å². The van der Waals surface area contributed by atoms with Gasteiger partial charge < -0.3 is 5.32 Å². The van der Waals surface area contributed by atoms with E-state index in [4.69, 9.17) is 0 Å². The second-order valence-corrected chi connectivity index (χ2v) is 12.2. The number of piperidine rings is 1. The van der Waals surface area contributed by atoms with E-state index in [0.29, 0.717) is 30.8 Å². The maximum absolute atomic E-state index is 12.7. The molecule has 1 unspecified atom stereocenters. The van der Waals surface area contributed by atoms with Gasteiger partial charge in [-0.2, -0.15) is 17.0 Å². The number of nitrogens with one attached hydrogen (secondary N) is 2. The first-order chi connectivity index (χ1) is 15.4. The van der Waals surface area contributed by atoms with Gasteiger partial charge in [0.1, 0.15) is 0 Å². The lowest BCUT2D eigenvalue weighted by atomic mass is 9.99. The van der Waals surface area contributed by atoms with E-state index in [1.807, 2.05) is 26.0 Å². The number of amides is 1. The average molecular weight is 495 g/mol. The predicted molar refractivity (Wildman–Crippen MR) is 129 cm³/mol. The minimum absolute atomic E-state index is 0.0707. The fourth-order valence-electron chi connectivity index (χ4n) is 3.69. The highest BCUT2D eigenvalue weighted by atomic mass is 32.2. The molecule has 11 heteroatoms. The summed E-state index contributed by atoms with van der Waals surface area (Å²) >= 11 is 0. The molecule has 0 radical (unpaired) electrons. The van der Waals surface area contributed by atoms with Crippen molar-refractivity contribution in [3.8, 4) is 0 Å². The Labute approximate surface area is 196 Å². The van der Waals surface area contributed by atoms with E-state index in [-0.39, 0.29) is 17.3 Å². The minimum Gasteiger partial charge on any atom is -0.326 e. The number of benzene rings is 2. The molecule has 2 aromatic carbocycles. The summed E-state index contributed by atoms with van der Waals surface area (Å²) in [5.41, 5.74) is 2.81. The second kappa shape index (κ2) is 9.80. The molecule has 2 aromatic rings. The van der Waals surface area contributed by atoms with Crippen molar-refractivity contribution in [2.24, 2.45) is 5.92 Å². The van der Waals surface area contributed by atoms with Crippen molar-refractivity contribution >= 4 is 37.5 Å². The summed E-state index contributed by atoms with van der Waals surface area (Å²) in [5.74, 6) is -0.777. The Balaban J connectivity index is 1.67. The van der Waals surface area contributed by atoms with Crippen molar-refractivity contribution in [3.05, 3.63) is 53.6 Å². The van der Waals surface area contributed by atoms with Gasteiger partial charge in [0.2, 0.25) is 5.91 Å². The fraction of sp³-hybridized carbons (Fsp3) is 0.409. The van der Waals surface area contributed by atoms with Gasteiger partial charge in [-0.15, -0.1) is 0 Å². The molecule has 0 aromatic heterocycles. The number of carbonyl (C=O) groups is 1. The molecule has 1 heterocycles. The molecule has 180 valence electrons. The third kappa shape index (κ3) is 5.91. The molecule has 1 saturated heterocycles. The molecule has 3 rings (SSSR count). The predicted octanol–water partition coefficient (Wildman–Crippen LogP) is 2.56. The number of sulfonamides is 1. The van der Waals surface area contributed by atoms with Gasteiger partial charge >= 0.3 is 0 Å². The van der Waals surface area contributed by atoms with Crippen LogP contribution in [-0.4, -0.2) is 58.5 Å². The van der Waals surface area contributed by atoms with E-state index < -0.39 is 26.2 Å². The maximum Gasteiger partial charge on any atom is 0.281 e. The molecular formula is C22H30N4O5S2. The van der Waals surface area contributed by atoms with E-state index in [9.17, 15) is 21.6 Å². The first-order valence-electron chi connectivity index (χ1n) is 10.6. The van der Waals surface area contributed by atoms with Gasteiger partial charge in [0.25, 0.3) is 20.2 Å². The maximum atomic E-state index is 12.7. The van der Waals surface area contributed by atoms with E-state index in [0.717, 1.165) is 15.4 Å². The van der Waals surface area contributed by atoms with Crippen LogP contribution >= 0.6 is 0 Å². The molecule has 0 spiro atoms. The van der Waals surface area contributed by atoms with Gasteiger partial charge in [0.05, 0.1) is 16.5 Å². The summed E-state index contributed by atoms with van der Waals surface area (Å²) in [4.78, 5) is 12.8. The molecule has 1 aliphatic rings. The summed E-state index contributed by atoms with van der Waals surface area (Å²) in [5, 5.41) is 2.77. The van der Waals surface area contributed by atoms with E-state index in [2.05, 4.69) is 10.0 Å². The molecule has 0 bridgehead atoms. The molecule has 2 N–H and O–H groups in total. The van der Waals surface area contributed by atoms with Crippen LogP contribution in [0.5, 0.6) is 0 Å². The van der Waals surface area contributed by atoms with Crippen LogP contribution in [0.2, 0.25) is 0 Å². The first kappa shape index (κ1) is 25.2. The van der Waals surface area contributed by atoms with Gasteiger partial charge in [-0.3, -0.25) is 9.52 Å². The van der Waals surface area contributed by atoms with Gasteiger partial charge in [0, 0.05) is 32.9 Å². The van der Waals surface area contributed by atoms with Crippen LogP contribution in [0.25, 0.3) is 0 Å². The monoisotopic (exact) mass is 494 g/mol. The summed E-state index contributed by atoms with van der Waals surface area (Å²) in [6, 6.07) is 11.3. The third-order valence-corrected chi connectivity index (χ3v) is 8.89. The van der Waals surface area contributed by atoms with Crippen LogP contribution in [0.1, 0.15) is 24.0 Å². The van der Waals surface area contributed by atoms with Crippen LogP contribution in [0, 0.1) is 19.8 Å². The molecule has 0 aliphatic carbocycles. The van der Waals surface area contributed by atoms with Crippen molar-refractivity contribution < 1.29 is 21.6 Å². The largest absolute Gasteiger partial charge is 0.326 e. The van der Waals surface area contributed by atoms with Gasteiger partial charge in [0.15, 0.2) is 0 Å². The first-order valence-corrected chi connectivity index (χ1v) is 13.5. The Kier molecular flexibility index (Phi) is 7.47. The number of nitrogens with zero attached hydrogens (tertiary/aromatic N) is 2. The molecule has 0 saturated carbocycles. The zero-order valence-corrected chi connectivity index (χ0v) is 20.8. The Morgan fingerprint density at radius 1 is 1.03 bits per heavy atom. The molecule has 9 nitrogen and oxygen atoms in total. The Bertz CT molecular complexity index is 1230. The molecule has 33 heavy (non-hydrogen) atoms. The third-order valence-electron chi connectivity index (χ3n) is 5.60. The van der Waals surface area contributed by atoms with E-state index in [1.54, 1.807) is 6.07 Å². The quantitative estimate of drug-likeness (QED) is 0.614. The van der Waals surface area contributed by atoms with Gasteiger partial charge in [-0.1, -0.05) is 17.7 Å². The van der Waals surface area contributed by atoms with Crippen molar-refractivity contribution in [2.75, 3.05) is 37.2 Å². The lowest BCUT2D eigenvalue weighted by Crippen LogP contribution is -2.47. The van der Waals surface area contributed by atoms with E-state index in [1.165, 1.54) is 42.7 Å². The zero-order chi connectivity index (χ0) is 24.4. The van der Waals surface area contributed by atoms with Crippen LogP contribution in [0.15, 0.2) is 47.4 Å². The SMILES string of the molecule is Cc1ccc(NS(=O)(=O)c2ccc(NC(=O)C3CCCN(S(=O)(=O)N(C)C)C3)cc2)c(C)c1. The Morgan fingerprint density at radius 2 is 1.70 bits per heavy atom. The molecule has 1 fully saturated rings. The van der Waals surface area contributed by atoms with Gasteiger partial charge in [-0.05, 0) is 62.6 Å². The van der Waals surface area contributed by atoms with Crippen LogP contribution in [-0.2, 0) is 25.0 Å². The van der Waals surface area contributed by atoms with Crippen molar-refractivity contribution in [1.82, 2.24) is 8.61 Å². The van der Waals surface area contributed by atoms with Gasteiger partial charge in [-0.25, -0.2) is 8.42 Å². The molecular weight excluding hydrogens is 464 g/mol. The molecule has 1 aliphatic heterocycles. The summed E-state index contributed by atoms with van der Waals surface area (Å²) in [6.45, 7) is 4.26. The molecule has 1 atom stereocenters. The highest BCUT2D eigenvalue weighted by molar-refractivity contribution is 7.92. The molecule has 1 amide bonds. The normalized spacial score (nSPS) is 17.7. The fourth-order valence-corrected chi connectivity index (χ4v) is 6.01. The lowest BCUT2D eigenvalue weighted by Gasteiger charge is -2.32. The second-order valence-electron chi connectivity index (χ2n) is 8.42. The van der Waals surface area contributed by atoms with Crippen LogP contribution in [0.3, 0.4) is 0 Å². The van der Waals surface area contributed by atoms with Crippen molar-refractivity contribution in [1.29, 1.82) is 0 Å².